The zero-order valence-corrected chi connectivity index (χ0v) is 23.7. The summed E-state index contributed by atoms with van der Waals surface area (Å²) < 4.78 is 5.36. The molecule has 3 amide bonds. The predicted octanol–water partition coefficient (Wildman–Crippen LogP) is 3.66. The highest BCUT2D eigenvalue weighted by Gasteiger charge is 2.45. The summed E-state index contributed by atoms with van der Waals surface area (Å²) in [5.74, 6) is 0.151. The SMILES string of the molecule is O=C1CCC(c2ccc(N3CCC(CN4CCC5(CC4)CN(NC(=O)OCc4ccccc4)C5)CC3)cc2)C(=O)N1. The standard InChI is InChI=1S/C32H41N5O4/c38-29-11-10-28(30(39)33-29)26-6-8-27(9-7-26)36-16-12-24(13-17-36)20-35-18-14-32(15-19-35)22-37(23-32)34-31(40)41-21-25-4-2-1-3-5-25/h1-9,24,28H,10-23H2,(H,34,40)(H,33,38,39). The van der Waals surface area contributed by atoms with Crippen molar-refractivity contribution in [2.45, 2.75) is 51.0 Å². The molecule has 2 N–H and O–H groups in total. The molecule has 1 spiro atoms. The number of hydrazine groups is 1. The normalized spacial score (nSPS) is 23.6. The van der Waals surface area contributed by atoms with E-state index in [2.05, 4.69) is 44.8 Å². The van der Waals surface area contributed by atoms with Gasteiger partial charge >= 0.3 is 6.09 Å². The fourth-order valence-corrected chi connectivity index (χ4v) is 6.92. The zero-order valence-electron chi connectivity index (χ0n) is 23.7. The maximum Gasteiger partial charge on any atom is 0.422 e. The van der Waals surface area contributed by atoms with Crippen LogP contribution in [0.2, 0.25) is 0 Å². The number of imide groups is 1. The van der Waals surface area contributed by atoms with Crippen molar-refractivity contribution < 1.29 is 19.1 Å². The summed E-state index contributed by atoms with van der Waals surface area (Å²) in [5, 5.41) is 4.45. The van der Waals surface area contributed by atoms with Crippen molar-refractivity contribution in [3.63, 3.8) is 0 Å². The summed E-state index contributed by atoms with van der Waals surface area (Å²) in [6.07, 6.45) is 5.37. The van der Waals surface area contributed by atoms with Gasteiger partial charge in [-0.05, 0) is 74.4 Å². The van der Waals surface area contributed by atoms with E-state index in [1.807, 2.05) is 35.3 Å². The van der Waals surface area contributed by atoms with E-state index in [9.17, 15) is 14.4 Å². The Morgan fingerprint density at radius 3 is 2.32 bits per heavy atom. The first kappa shape index (κ1) is 27.7. The summed E-state index contributed by atoms with van der Waals surface area (Å²) in [5.41, 5.74) is 6.42. The molecule has 4 heterocycles. The number of nitrogens with zero attached hydrogens (tertiary/aromatic N) is 3. The largest absolute Gasteiger partial charge is 0.444 e. The van der Waals surface area contributed by atoms with E-state index in [4.69, 9.17) is 4.74 Å². The molecule has 0 saturated carbocycles. The molecule has 4 saturated heterocycles. The molecule has 4 aliphatic rings. The lowest BCUT2D eigenvalue weighted by molar-refractivity contribution is -0.134. The van der Waals surface area contributed by atoms with Crippen molar-refractivity contribution >= 4 is 23.6 Å². The van der Waals surface area contributed by atoms with Crippen molar-refractivity contribution in [2.75, 3.05) is 50.7 Å². The molecule has 0 aromatic heterocycles. The van der Waals surface area contributed by atoms with Crippen LogP contribution in [-0.2, 0) is 20.9 Å². The van der Waals surface area contributed by atoms with Crippen molar-refractivity contribution in [2.24, 2.45) is 11.3 Å². The van der Waals surface area contributed by atoms with E-state index in [-0.39, 0.29) is 30.4 Å². The minimum atomic E-state index is -0.377. The minimum absolute atomic E-state index is 0.171. The lowest BCUT2D eigenvalue weighted by Crippen LogP contribution is -2.65. The van der Waals surface area contributed by atoms with Crippen LogP contribution in [0, 0.1) is 11.3 Å². The van der Waals surface area contributed by atoms with E-state index < -0.39 is 0 Å². The Kier molecular flexibility index (Phi) is 8.25. The van der Waals surface area contributed by atoms with Gasteiger partial charge < -0.3 is 14.5 Å². The van der Waals surface area contributed by atoms with Crippen LogP contribution >= 0.6 is 0 Å². The summed E-state index contributed by atoms with van der Waals surface area (Å²) in [4.78, 5) is 40.9. The number of hydrogen-bond donors (Lipinski definition) is 2. The van der Waals surface area contributed by atoms with Gasteiger partial charge in [0.05, 0.1) is 5.92 Å². The van der Waals surface area contributed by atoms with E-state index in [1.54, 1.807) is 0 Å². The first-order chi connectivity index (χ1) is 19.9. The Balaban J connectivity index is 0.878. The van der Waals surface area contributed by atoms with Gasteiger partial charge in [-0.3, -0.25) is 20.3 Å². The van der Waals surface area contributed by atoms with Gasteiger partial charge in [-0.2, -0.15) is 0 Å². The number of carbonyl (C=O) groups is 3. The molecule has 4 aliphatic heterocycles. The molecule has 1 unspecified atom stereocenters. The van der Waals surface area contributed by atoms with Gasteiger partial charge in [0.25, 0.3) is 0 Å². The maximum absolute atomic E-state index is 12.2. The third-order valence-corrected chi connectivity index (χ3v) is 9.46. The van der Waals surface area contributed by atoms with Crippen LogP contribution in [0.15, 0.2) is 54.6 Å². The van der Waals surface area contributed by atoms with Gasteiger partial charge in [0.2, 0.25) is 11.8 Å². The molecule has 0 aliphatic carbocycles. The van der Waals surface area contributed by atoms with Crippen LogP contribution in [0.3, 0.4) is 0 Å². The maximum atomic E-state index is 12.2. The van der Waals surface area contributed by atoms with Crippen molar-refractivity contribution in [3.05, 3.63) is 65.7 Å². The molecule has 2 aromatic carbocycles. The third-order valence-electron chi connectivity index (χ3n) is 9.46. The summed E-state index contributed by atoms with van der Waals surface area (Å²) in [6.45, 7) is 7.65. The molecule has 9 nitrogen and oxygen atoms in total. The molecule has 0 radical (unpaired) electrons. The first-order valence-electron chi connectivity index (χ1n) is 15.1. The number of anilines is 1. The Morgan fingerprint density at radius 1 is 0.927 bits per heavy atom. The van der Waals surface area contributed by atoms with Crippen LogP contribution in [0.1, 0.15) is 55.6 Å². The number of likely N-dealkylation sites (tertiary alicyclic amines) is 1. The van der Waals surface area contributed by atoms with E-state index >= 15 is 0 Å². The fourth-order valence-electron chi connectivity index (χ4n) is 6.92. The number of hydrogen-bond acceptors (Lipinski definition) is 7. The zero-order chi connectivity index (χ0) is 28.2. The Bertz CT molecular complexity index is 1210. The highest BCUT2D eigenvalue weighted by molar-refractivity contribution is 6.00. The molecule has 2 aromatic rings. The number of rotatable bonds is 7. The molecule has 218 valence electrons. The Labute approximate surface area is 242 Å². The summed E-state index contributed by atoms with van der Waals surface area (Å²) >= 11 is 0. The van der Waals surface area contributed by atoms with Gasteiger partial charge in [-0.15, -0.1) is 0 Å². The predicted molar refractivity (Wildman–Crippen MR) is 156 cm³/mol. The smallest absolute Gasteiger partial charge is 0.422 e. The average molecular weight is 560 g/mol. The van der Waals surface area contributed by atoms with Gasteiger partial charge in [0.15, 0.2) is 0 Å². The van der Waals surface area contributed by atoms with Gasteiger partial charge in [0, 0.05) is 50.2 Å². The van der Waals surface area contributed by atoms with Gasteiger partial charge in [-0.25, -0.2) is 9.80 Å². The second kappa shape index (κ2) is 12.2. The topological polar surface area (TPSA) is 94.2 Å². The van der Waals surface area contributed by atoms with E-state index in [0.717, 1.165) is 56.3 Å². The summed E-state index contributed by atoms with van der Waals surface area (Å²) in [6, 6.07) is 18.1. The van der Waals surface area contributed by atoms with Gasteiger partial charge in [-0.1, -0.05) is 42.5 Å². The molecule has 0 bridgehead atoms. The van der Waals surface area contributed by atoms with Crippen LogP contribution in [0.5, 0.6) is 0 Å². The second-order valence-electron chi connectivity index (χ2n) is 12.4. The van der Waals surface area contributed by atoms with E-state index in [0.29, 0.717) is 18.3 Å². The van der Waals surface area contributed by atoms with Crippen LogP contribution in [-0.4, -0.2) is 73.6 Å². The highest BCUT2D eigenvalue weighted by Crippen LogP contribution is 2.40. The summed E-state index contributed by atoms with van der Waals surface area (Å²) in [7, 11) is 0. The second-order valence-corrected chi connectivity index (χ2v) is 12.4. The number of benzene rings is 2. The van der Waals surface area contributed by atoms with Crippen LogP contribution in [0.25, 0.3) is 0 Å². The molecule has 4 fully saturated rings. The Morgan fingerprint density at radius 2 is 1.63 bits per heavy atom. The number of piperidine rings is 3. The molecular weight excluding hydrogens is 518 g/mol. The molecule has 1 atom stereocenters. The van der Waals surface area contributed by atoms with Gasteiger partial charge in [0.1, 0.15) is 6.61 Å². The molecule has 9 heteroatoms. The molecular formula is C32H41N5O4. The van der Waals surface area contributed by atoms with Crippen LogP contribution < -0.4 is 15.6 Å². The number of carbonyl (C=O) groups excluding carboxylic acids is 3. The molecule has 6 rings (SSSR count). The van der Waals surface area contributed by atoms with Crippen LogP contribution in [0.4, 0.5) is 10.5 Å². The minimum Gasteiger partial charge on any atom is -0.444 e. The van der Waals surface area contributed by atoms with Crippen molar-refractivity contribution in [3.8, 4) is 0 Å². The monoisotopic (exact) mass is 559 g/mol. The lowest BCUT2D eigenvalue weighted by Gasteiger charge is -2.53. The van der Waals surface area contributed by atoms with E-state index in [1.165, 1.54) is 37.9 Å². The first-order valence-corrected chi connectivity index (χ1v) is 15.1. The highest BCUT2D eigenvalue weighted by atomic mass is 16.6. The quantitative estimate of drug-likeness (QED) is 0.500. The lowest BCUT2D eigenvalue weighted by atomic mass is 9.72. The number of nitrogens with one attached hydrogen (secondary N) is 2. The molecule has 41 heavy (non-hydrogen) atoms. The number of amides is 3. The fraction of sp³-hybridized carbons (Fsp3) is 0.531. The average Bonchev–Trinajstić information content (AvgIpc) is 2.97. The third kappa shape index (κ3) is 6.73. The Hall–Kier alpha value is -3.43. The number of ether oxygens (including phenoxy) is 1. The van der Waals surface area contributed by atoms with Crippen molar-refractivity contribution in [1.82, 2.24) is 20.7 Å². The van der Waals surface area contributed by atoms with Crippen molar-refractivity contribution in [1.29, 1.82) is 0 Å².